The number of ether oxygens (including phenoxy) is 1. The van der Waals surface area contributed by atoms with Crippen LogP contribution in [0.4, 0.5) is 5.69 Å². The number of hydrazine groups is 1. The molecular weight excluding hydrogens is 420 g/mol. The Balaban J connectivity index is 1.75. The molecule has 0 fully saturated rings. The number of carbonyl (C=O) groups excluding carboxylic acids is 1. The Morgan fingerprint density at radius 2 is 1.88 bits per heavy atom. The van der Waals surface area contributed by atoms with Gasteiger partial charge in [0.2, 0.25) is 0 Å². The fourth-order valence-corrected chi connectivity index (χ4v) is 3.46. The average Bonchev–Trinajstić information content (AvgIpc) is 2.84. The third-order valence-corrected chi connectivity index (χ3v) is 5.00. The summed E-state index contributed by atoms with van der Waals surface area (Å²) >= 11 is 0. The average molecular weight is 447 g/mol. The summed E-state index contributed by atoms with van der Waals surface area (Å²) in [4.78, 5) is 27.7. The van der Waals surface area contributed by atoms with Crippen LogP contribution < -0.4 is 21.3 Å². The monoisotopic (exact) mass is 446 g/mol. The second-order valence-corrected chi connectivity index (χ2v) is 7.25. The van der Waals surface area contributed by atoms with Crippen LogP contribution in [0.15, 0.2) is 71.7 Å². The lowest BCUT2D eigenvalue weighted by Crippen LogP contribution is -2.22. The number of nitrogens with zero attached hydrogens (tertiary/aromatic N) is 1. The lowest BCUT2D eigenvalue weighted by atomic mass is 9.97. The van der Waals surface area contributed by atoms with Gasteiger partial charge in [-0.05, 0) is 47.4 Å². The third-order valence-electron chi connectivity index (χ3n) is 5.00. The van der Waals surface area contributed by atoms with E-state index in [1.54, 1.807) is 31.4 Å². The van der Waals surface area contributed by atoms with Gasteiger partial charge in [0.25, 0.3) is 5.91 Å². The minimum absolute atomic E-state index is 0.0289. The van der Waals surface area contributed by atoms with Crippen molar-refractivity contribution < 1.29 is 19.4 Å². The highest BCUT2D eigenvalue weighted by Crippen LogP contribution is 2.34. The highest BCUT2D eigenvalue weighted by atomic mass is 16.5. The Labute approximate surface area is 192 Å². The van der Waals surface area contributed by atoms with Gasteiger partial charge in [-0.25, -0.2) is 10.8 Å². The number of carbonyl (C=O) groups is 2. The quantitative estimate of drug-likeness (QED) is 0.164. The van der Waals surface area contributed by atoms with Crippen molar-refractivity contribution in [1.82, 2.24) is 10.7 Å². The van der Waals surface area contributed by atoms with Crippen LogP contribution in [0.5, 0.6) is 5.75 Å². The van der Waals surface area contributed by atoms with E-state index in [0.29, 0.717) is 30.0 Å². The Kier molecular flexibility index (Phi) is 8.15. The van der Waals surface area contributed by atoms with Gasteiger partial charge in [0.15, 0.2) is 0 Å². The van der Waals surface area contributed by atoms with Crippen molar-refractivity contribution in [2.75, 3.05) is 7.11 Å². The normalized spacial score (nSPS) is 10.7. The predicted molar refractivity (Wildman–Crippen MR) is 127 cm³/mol. The Morgan fingerprint density at radius 3 is 2.64 bits per heavy atom. The molecular formula is C25H26N4O4. The van der Waals surface area contributed by atoms with Gasteiger partial charge in [-0.15, -0.1) is 0 Å². The molecule has 8 heteroatoms. The second-order valence-electron chi connectivity index (χ2n) is 7.25. The van der Waals surface area contributed by atoms with Crippen molar-refractivity contribution in [2.24, 2.45) is 10.8 Å². The maximum Gasteiger partial charge on any atom is 0.303 e. The summed E-state index contributed by atoms with van der Waals surface area (Å²) in [6, 6.07) is 20.4. The number of aryl methyl sites for hydroxylation is 1. The number of aliphatic imine (C=N–C) groups is 1. The Hall–Kier alpha value is -4.17. The molecule has 33 heavy (non-hydrogen) atoms. The molecule has 0 saturated carbocycles. The van der Waals surface area contributed by atoms with E-state index >= 15 is 0 Å². The summed E-state index contributed by atoms with van der Waals surface area (Å²) in [5.74, 6) is 4.77. The highest BCUT2D eigenvalue weighted by molar-refractivity contribution is 5.95. The molecule has 8 nitrogen and oxygen atoms in total. The second kappa shape index (κ2) is 11.4. The molecule has 0 aliphatic carbocycles. The van der Waals surface area contributed by atoms with Crippen LogP contribution in [0.3, 0.4) is 0 Å². The minimum Gasteiger partial charge on any atom is -0.496 e. The number of benzene rings is 3. The molecule has 1 amide bonds. The van der Waals surface area contributed by atoms with E-state index in [-0.39, 0.29) is 12.3 Å². The number of rotatable bonds is 10. The van der Waals surface area contributed by atoms with Gasteiger partial charge in [0, 0.05) is 24.1 Å². The number of methoxy groups -OCH3 is 1. The van der Waals surface area contributed by atoms with Crippen LogP contribution in [0, 0.1) is 0 Å². The largest absolute Gasteiger partial charge is 0.496 e. The van der Waals surface area contributed by atoms with E-state index in [9.17, 15) is 9.59 Å². The van der Waals surface area contributed by atoms with Crippen molar-refractivity contribution in [1.29, 1.82) is 0 Å². The van der Waals surface area contributed by atoms with Crippen LogP contribution in [-0.4, -0.2) is 30.4 Å². The molecule has 0 aromatic heterocycles. The molecule has 0 heterocycles. The number of amides is 1. The van der Waals surface area contributed by atoms with Crippen LogP contribution in [-0.2, 0) is 17.8 Å². The summed E-state index contributed by atoms with van der Waals surface area (Å²) in [6.07, 6.45) is 1.75. The molecule has 170 valence electrons. The smallest absolute Gasteiger partial charge is 0.303 e. The van der Waals surface area contributed by atoms with E-state index in [4.69, 9.17) is 15.7 Å². The maximum atomic E-state index is 12.6. The van der Waals surface area contributed by atoms with Gasteiger partial charge in [-0.3, -0.25) is 9.59 Å². The topological polar surface area (TPSA) is 126 Å². The molecule has 0 spiro atoms. The first-order valence-electron chi connectivity index (χ1n) is 10.4. The van der Waals surface area contributed by atoms with Crippen LogP contribution in [0.1, 0.15) is 27.9 Å². The van der Waals surface area contributed by atoms with Gasteiger partial charge in [-0.2, -0.15) is 0 Å². The molecule has 0 aliphatic rings. The molecule has 0 bridgehead atoms. The number of aliphatic carboxylic acids is 1. The Bertz CT molecular complexity index is 1160. The van der Waals surface area contributed by atoms with Crippen LogP contribution in [0.25, 0.3) is 11.1 Å². The van der Waals surface area contributed by atoms with Crippen molar-refractivity contribution in [3.05, 3.63) is 83.4 Å². The highest BCUT2D eigenvalue weighted by Gasteiger charge is 2.13. The number of hydrogen-bond donors (Lipinski definition) is 4. The molecule has 3 aromatic rings. The zero-order valence-corrected chi connectivity index (χ0v) is 18.2. The van der Waals surface area contributed by atoms with Crippen molar-refractivity contribution in [2.45, 2.75) is 19.4 Å². The van der Waals surface area contributed by atoms with E-state index in [1.807, 2.05) is 42.5 Å². The number of para-hydroxylation sites is 1. The van der Waals surface area contributed by atoms with Gasteiger partial charge in [0.1, 0.15) is 12.1 Å². The van der Waals surface area contributed by atoms with Crippen LogP contribution >= 0.6 is 0 Å². The van der Waals surface area contributed by atoms with Crippen LogP contribution in [0.2, 0.25) is 0 Å². The van der Waals surface area contributed by atoms with E-state index in [2.05, 4.69) is 15.7 Å². The maximum absolute atomic E-state index is 12.6. The lowest BCUT2D eigenvalue weighted by molar-refractivity contribution is -0.136. The van der Waals surface area contributed by atoms with E-state index in [1.165, 1.54) is 6.34 Å². The summed E-state index contributed by atoms with van der Waals surface area (Å²) in [6.45, 7) is 0.339. The molecule has 3 rings (SSSR count). The zero-order chi connectivity index (χ0) is 23.6. The minimum atomic E-state index is -0.853. The molecule has 0 unspecified atom stereocenters. The van der Waals surface area contributed by atoms with Crippen molar-refractivity contribution in [3.63, 3.8) is 0 Å². The molecule has 0 saturated heterocycles. The Morgan fingerprint density at radius 1 is 1.09 bits per heavy atom. The fraction of sp³-hybridized carbons (Fsp3) is 0.160. The first-order valence-corrected chi connectivity index (χ1v) is 10.4. The number of nitrogens with one attached hydrogen (secondary N) is 2. The number of hydrogen-bond acceptors (Lipinski definition) is 5. The predicted octanol–water partition coefficient (Wildman–Crippen LogP) is 3.43. The number of carboxylic acids is 1. The fourth-order valence-electron chi connectivity index (χ4n) is 3.46. The van der Waals surface area contributed by atoms with E-state index < -0.39 is 5.97 Å². The van der Waals surface area contributed by atoms with Gasteiger partial charge >= 0.3 is 5.97 Å². The van der Waals surface area contributed by atoms with Crippen molar-refractivity contribution >= 4 is 23.9 Å². The number of nitrogens with two attached hydrogens (primary N) is 1. The van der Waals surface area contributed by atoms with Crippen molar-refractivity contribution in [3.8, 4) is 16.9 Å². The zero-order valence-electron chi connectivity index (χ0n) is 18.2. The van der Waals surface area contributed by atoms with E-state index in [0.717, 1.165) is 22.3 Å². The number of carboxylic acid groups (broad SMARTS) is 1. The summed E-state index contributed by atoms with van der Waals surface area (Å²) in [5, 5.41) is 11.9. The SMILES string of the molecule is COc1c(CCC(=O)O)cccc1-c1cccc(CNC(=O)c2cccc(N=CNN)c2)c1. The van der Waals surface area contributed by atoms with Gasteiger partial charge in [0.05, 0.1) is 12.8 Å². The molecule has 0 radical (unpaired) electrons. The summed E-state index contributed by atoms with van der Waals surface area (Å²) in [5.41, 5.74) is 6.97. The standard InChI is InChI=1S/C25H26N4O4/c1-33-24-18(11-12-23(30)31)6-4-10-22(24)19-7-2-5-17(13-19)15-27-25(32)20-8-3-9-21(14-20)28-16-29-26/h2-10,13-14,16H,11-12,15,26H2,1H3,(H,27,32)(H,28,29)(H,30,31). The summed E-state index contributed by atoms with van der Waals surface area (Å²) < 4.78 is 5.61. The summed E-state index contributed by atoms with van der Waals surface area (Å²) in [7, 11) is 1.58. The third kappa shape index (κ3) is 6.41. The lowest BCUT2D eigenvalue weighted by Gasteiger charge is -2.14. The van der Waals surface area contributed by atoms with Gasteiger partial charge < -0.3 is 20.6 Å². The molecule has 0 atom stereocenters. The first-order chi connectivity index (χ1) is 16.0. The first kappa shape index (κ1) is 23.5. The molecule has 5 N–H and O–H groups in total. The molecule has 3 aromatic carbocycles. The molecule has 0 aliphatic heterocycles. The van der Waals surface area contributed by atoms with Gasteiger partial charge in [-0.1, -0.05) is 42.5 Å².